The monoisotopic (exact) mass is 718 g/mol. The molecule has 0 spiro atoms. The molecule has 1 atom stereocenters. The van der Waals surface area contributed by atoms with Gasteiger partial charge < -0.3 is 19.3 Å². The third-order valence-electron chi connectivity index (χ3n) is 6.07. The average Bonchev–Trinajstić information content (AvgIpc) is 3.33. The van der Waals surface area contributed by atoms with Crippen LogP contribution in [-0.2, 0) is 24.6 Å². The van der Waals surface area contributed by atoms with Crippen LogP contribution in [0.3, 0.4) is 0 Å². The Morgan fingerprint density at radius 2 is 1.80 bits per heavy atom. The number of aliphatic hydroxyl groups excluding tert-OH is 1. The number of amides is 1. The van der Waals surface area contributed by atoms with Gasteiger partial charge in [-0.25, -0.2) is 26.3 Å². The molecular weight excluding hydrogens is 692 g/mol. The molecule has 1 aromatic heterocycles. The van der Waals surface area contributed by atoms with E-state index in [0.29, 0.717) is 24.3 Å². The number of carbonyl (C=O) groups excluding carboxylic acids is 1. The van der Waals surface area contributed by atoms with Crippen molar-refractivity contribution in [3.05, 3.63) is 24.4 Å². The zero-order valence-corrected chi connectivity index (χ0v) is 25.2. The maximum atomic E-state index is 13.9. The van der Waals surface area contributed by atoms with Gasteiger partial charge in [-0.3, -0.25) is 9.62 Å². The van der Waals surface area contributed by atoms with Crippen LogP contribution in [0.1, 0.15) is 26.8 Å². The van der Waals surface area contributed by atoms with E-state index in [4.69, 9.17) is 14.6 Å². The number of alkyl halides is 8. The summed E-state index contributed by atoms with van der Waals surface area (Å²) in [4.78, 5) is 11.2. The fraction of sp³-hybridized carbons (Fsp3) is 0.565. The van der Waals surface area contributed by atoms with Gasteiger partial charge in [0.1, 0.15) is 24.2 Å². The number of nitrogens with zero attached hydrogens (tertiary/aromatic N) is 3. The summed E-state index contributed by atoms with van der Waals surface area (Å²) in [5, 5.41) is 14.4. The first kappa shape index (κ1) is 36.9. The zero-order chi connectivity index (χ0) is 34.9. The Balaban J connectivity index is 2.04. The summed E-state index contributed by atoms with van der Waals surface area (Å²) in [6.45, 7) is -4.35. The second kappa shape index (κ2) is 13.3. The average molecular weight is 719 g/mol. The first-order chi connectivity index (χ1) is 21.0. The van der Waals surface area contributed by atoms with Gasteiger partial charge in [0, 0.05) is 5.69 Å². The Kier molecular flexibility index (Phi) is 10.6. The normalized spacial score (nSPS) is 16.2. The smallest absolute Gasteiger partial charge is 0.427 e. The molecule has 1 aromatic carbocycles. The van der Waals surface area contributed by atoms with Gasteiger partial charge in [0.25, 0.3) is 15.9 Å². The molecule has 1 amide bonds. The van der Waals surface area contributed by atoms with Crippen LogP contribution < -0.4 is 19.1 Å². The van der Waals surface area contributed by atoms with E-state index < -0.39 is 111 Å². The van der Waals surface area contributed by atoms with E-state index in [0.717, 1.165) is 18.2 Å². The second-order valence-electron chi connectivity index (χ2n) is 10.1. The number of hydrogen-bond acceptors (Lipinski definition) is 10. The lowest BCUT2D eigenvalue weighted by molar-refractivity contribution is -0.242. The summed E-state index contributed by atoms with van der Waals surface area (Å²) in [6, 6.07) is 2.92. The van der Waals surface area contributed by atoms with Crippen LogP contribution in [0.25, 0.3) is 0 Å². The SMILES string of the molecule is CC(C)(OC(=O)Nc1ccc2c(c1)N(S(=O)(=O)c1cn(C(F)F)nc1OCCO)C[C@H](CCS(=O)(=O)CC(F)(F)F)O2)C(F)(F)F. The fourth-order valence-electron chi connectivity index (χ4n) is 3.83. The van der Waals surface area contributed by atoms with Crippen molar-refractivity contribution in [2.45, 2.75) is 55.8 Å². The Bertz CT molecular complexity index is 1630. The molecule has 0 bridgehead atoms. The second-order valence-corrected chi connectivity index (χ2v) is 14.1. The number of sulfone groups is 1. The van der Waals surface area contributed by atoms with Gasteiger partial charge in [-0.15, -0.1) is 5.10 Å². The van der Waals surface area contributed by atoms with Crippen LogP contribution in [0.2, 0.25) is 0 Å². The topological polar surface area (TPSA) is 166 Å². The van der Waals surface area contributed by atoms with Gasteiger partial charge in [-0.05, 0) is 38.5 Å². The maximum Gasteiger partial charge on any atom is 0.427 e. The van der Waals surface area contributed by atoms with Gasteiger partial charge in [-0.2, -0.15) is 35.1 Å². The molecule has 23 heteroatoms. The minimum Gasteiger partial charge on any atom is -0.486 e. The molecule has 2 N–H and O–H groups in total. The fourth-order valence-corrected chi connectivity index (χ4v) is 6.66. The van der Waals surface area contributed by atoms with Crippen LogP contribution in [-0.4, -0.2) is 93.1 Å². The lowest BCUT2D eigenvalue weighted by atomic mass is 10.1. The molecular formula is C23H26F8N4O9S2. The number of rotatable bonds is 12. The van der Waals surface area contributed by atoms with Gasteiger partial charge in [0.05, 0.1) is 30.8 Å². The van der Waals surface area contributed by atoms with Crippen molar-refractivity contribution in [1.82, 2.24) is 9.78 Å². The van der Waals surface area contributed by atoms with Crippen LogP contribution in [0, 0.1) is 0 Å². The molecule has 0 unspecified atom stereocenters. The van der Waals surface area contributed by atoms with Crippen molar-refractivity contribution in [3.63, 3.8) is 0 Å². The third-order valence-corrected chi connectivity index (χ3v) is 9.45. The van der Waals surface area contributed by atoms with E-state index in [-0.39, 0.29) is 16.1 Å². The molecule has 2 heterocycles. The standard InChI is InChI=1S/C23H26F8N4O9S2/c1-21(2,23(29,30)31)44-20(37)32-13-3-4-16-15(9-13)35(10-14(43-16)5-8-45(38,39)12-22(26,27)28)46(40,41)17-11-34(19(24)25)33-18(17)42-7-6-36/h3-4,9,11,14,19,36H,5-8,10,12H2,1-2H3,(H,32,37)/t14-/m0/s1. The number of aromatic nitrogens is 2. The number of aliphatic hydroxyl groups is 1. The highest BCUT2D eigenvalue weighted by molar-refractivity contribution is 7.93. The van der Waals surface area contributed by atoms with Crippen LogP contribution in [0.5, 0.6) is 11.6 Å². The molecule has 1 aliphatic heterocycles. The number of carbonyl (C=O) groups is 1. The molecule has 3 rings (SSSR count). The van der Waals surface area contributed by atoms with E-state index in [2.05, 4.69) is 9.84 Å². The summed E-state index contributed by atoms with van der Waals surface area (Å²) >= 11 is 0. The summed E-state index contributed by atoms with van der Waals surface area (Å²) in [5.41, 5.74) is -3.75. The first-order valence-electron chi connectivity index (χ1n) is 12.7. The Morgan fingerprint density at radius 1 is 1.15 bits per heavy atom. The number of anilines is 2. The van der Waals surface area contributed by atoms with Gasteiger partial charge >= 0.3 is 25.0 Å². The Morgan fingerprint density at radius 3 is 2.37 bits per heavy atom. The first-order valence-corrected chi connectivity index (χ1v) is 16.0. The molecule has 13 nitrogen and oxygen atoms in total. The lowest BCUT2D eigenvalue weighted by Gasteiger charge is -2.35. The zero-order valence-electron chi connectivity index (χ0n) is 23.6. The lowest BCUT2D eigenvalue weighted by Crippen LogP contribution is -2.45. The summed E-state index contributed by atoms with van der Waals surface area (Å²) in [7, 11) is -9.80. The van der Waals surface area contributed by atoms with Crippen molar-refractivity contribution in [2.24, 2.45) is 0 Å². The number of benzene rings is 1. The molecule has 2 aromatic rings. The maximum absolute atomic E-state index is 13.9. The molecule has 0 fully saturated rings. The van der Waals surface area contributed by atoms with Crippen molar-refractivity contribution < 1.29 is 76.1 Å². The number of nitrogens with one attached hydrogen (secondary N) is 1. The van der Waals surface area contributed by atoms with Crippen molar-refractivity contribution in [2.75, 3.05) is 40.9 Å². The van der Waals surface area contributed by atoms with E-state index in [9.17, 15) is 56.8 Å². The molecule has 260 valence electrons. The highest BCUT2D eigenvalue weighted by Gasteiger charge is 2.51. The Labute approximate surface area is 256 Å². The van der Waals surface area contributed by atoms with Crippen LogP contribution in [0.15, 0.2) is 29.3 Å². The molecule has 46 heavy (non-hydrogen) atoms. The Hall–Kier alpha value is -3.60. The molecule has 0 aliphatic carbocycles. The van der Waals surface area contributed by atoms with Crippen molar-refractivity contribution in [1.29, 1.82) is 0 Å². The molecule has 1 aliphatic rings. The molecule has 0 saturated carbocycles. The molecule has 0 radical (unpaired) electrons. The highest BCUT2D eigenvalue weighted by atomic mass is 32.2. The largest absolute Gasteiger partial charge is 0.486 e. The number of sulfonamides is 1. The van der Waals surface area contributed by atoms with E-state index >= 15 is 0 Å². The quantitative estimate of drug-likeness (QED) is 0.308. The highest BCUT2D eigenvalue weighted by Crippen LogP contribution is 2.41. The number of ether oxygens (including phenoxy) is 3. The van der Waals surface area contributed by atoms with Crippen LogP contribution >= 0.6 is 0 Å². The minimum atomic E-state index is -5.07. The predicted octanol–water partition coefficient (Wildman–Crippen LogP) is 3.86. The van der Waals surface area contributed by atoms with E-state index in [1.807, 2.05) is 5.32 Å². The van der Waals surface area contributed by atoms with Crippen LogP contribution in [0.4, 0.5) is 51.3 Å². The summed E-state index contributed by atoms with van der Waals surface area (Å²) in [5.74, 6) is -4.52. The van der Waals surface area contributed by atoms with Crippen molar-refractivity contribution in [3.8, 4) is 11.6 Å². The predicted molar refractivity (Wildman–Crippen MR) is 141 cm³/mol. The number of hydrogen-bond donors (Lipinski definition) is 2. The van der Waals surface area contributed by atoms with E-state index in [1.54, 1.807) is 0 Å². The summed E-state index contributed by atoms with van der Waals surface area (Å²) < 4.78 is 172. The van der Waals surface area contributed by atoms with E-state index in [1.165, 1.54) is 0 Å². The summed E-state index contributed by atoms with van der Waals surface area (Å²) in [6.07, 6.45) is -13.4. The number of fused-ring (bicyclic) bond motifs is 1. The van der Waals surface area contributed by atoms with Gasteiger partial charge in [0.15, 0.2) is 14.7 Å². The minimum absolute atomic E-state index is 0.0848. The third kappa shape index (κ3) is 9.02. The molecule has 0 saturated heterocycles. The van der Waals surface area contributed by atoms with Crippen molar-refractivity contribution >= 4 is 37.3 Å². The van der Waals surface area contributed by atoms with Gasteiger partial charge in [-0.1, -0.05) is 0 Å². The van der Waals surface area contributed by atoms with Gasteiger partial charge in [0.2, 0.25) is 5.60 Å². The number of halogens is 8.